The lowest BCUT2D eigenvalue weighted by atomic mass is 10.1. The second-order valence-corrected chi connectivity index (χ2v) is 5.70. The first-order valence-corrected chi connectivity index (χ1v) is 7.40. The molecule has 6 nitrogen and oxygen atoms in total. The van der Waals surface area contributed by atoms with E-state index < -0.39 is 5.25 Å². The van der Waals surface area contributed by atoms with Gasteiger partial charge in [-0.25, -0.2) is 4.79 Å². The van der Waals surface area contributed by atoms with Crippen molar-refractivity contribution in [2.75, 3.05) is 20.2 Å². The number of nitrogens with one attached hydrogen (secondary N) is 2. The maximum absolute atomic E-state index is 11.7. The molecule has 112 valence electrons. The van der Waals surface area contributed by atoms with Gasteiger partial charge >= 0.3 is 5.97 Å². The Labute approximate surface area is 126 Å². The highest BCUT2D eigenvalue weighted by atomic mass is 32.2. The highest BCUT2D eigenvalue weighted by Gasteiger charge is 2.31. The molecule has 1 aliphatic heterocycles. The standard InChI is InChI=1S/C14H16N2O4S/c1-15-6-7-20-13(18)10-4-2-9(3-5-10)8-11-12(17)16-14(19)21-11/h2-5,11,15H,6-8H2,1H3,(H,16,17,19). The average molecular weight is 308 g/mol. The molecule has 2 amide bonds. The number of hydrogen-bond acceptors (Lipinski definition) is 6. The number of amides is 2. The summed E-state index contributed by atoms with van der Waals surface area (Å²) in [5.41, 5.74) is 1.36. The lowest BCUT2D eigenvalue weighted by molar-refractivity contribution is -0.118. The van der Waals surface area contributed by atoms with Crippen molar-refractivity contribution in [3.8, 4) is 0 Å². The van der Waals surface area contributed by atoms with Gasteiger partial charge in [-0.2, -0.15) is 0 Å². The summed E-state index contributed by atoms with van der Waals surface area (Å²) in [5.74, 6) is -0.638. The summed E-state index contributed by atoms with van der Waals surface area (Å²) in [4.78, 5) is 34.3. The first-order chi connectivity index (χ1) is 10.1. The zero-order chi connectivity index (χ0) is 15.2. The molecule has 0 spiro atoms. The molecule has 1 atom stereocenters. The SMILES string of the molecule is CNCCOC(=O)c1ccc(CC2SC(=O)NC2=O)cc1. The van der Waals surface area contributed by atoms with Crippen LogP contribution in [0.15, 0.2) is 24.3 Å². The zero-order valence-corrected chi connectivity index (χ0v) is 12.4. The fraction of sp³-hybridized carbons (Fsp3) is 0.357. The zero-order valence-electron chi connectivity index (χ0n) is 11.5. The van der Waals surface area contributed by atoms with Crippen LogP contribution in [-0.2, 0) is 16.0 Å². The summed E-state index contributed by atoms with van der Waals surface area (Å²) < 4.78 is 5.06. The minimum absolute atomic E-state index is 0.263. The number of benzene rings is 1. The van der Waals surface area contributed by atoms with Crippen LogP contribution in [0.2, 0.25) is 0 Å². The van der Waals surface area contributed by atoms with Crippen molar-refractivity contribution in [3.05, 3.63) is 35.4 Å². The molecule has 0 aliphatic carbocycles. The van der Waals surface area contributed by atoms with E-state index in [1.807, 2.05) is 0 Å². The van der Waals surface area contributed by atoms with Gasteiger partial charge in [0.2, 0.25) is 5.91 Å². The third-order valence-corrected chi connectivity index (χ3v) is 3.94. The molecule has 0 aromatic heterocycles. The first kappa shape index (κ1) is 15.5. The van der Waals surface area contributed by atoms with Gasteiger partial charge in [0.15, 0.2) is 0 Å². The monoisotopic (exact) mass is 308 g/mol. The molecule has 21 heavy (non-hydrogen) atoms. The molecular formula is C14H16N2O4S. The normalized spacial score (nSPS) is 17.7. The minimum atomic E-state index is -0.397. The number of rotatable bonds is 6. The molecule has 1 aromatic rings. The van der Waals surface area contributed by atoms with Crippen LogP contribution in [-0.4, -0.2) is 42.6 Å². The van der Waals surface area contributed by atoms with Gasteiger partial charge in [-0.15, -0.1) is 0 Å². The number of imide groups is 1. The Morgan fingerprint density at radius 1 is 1.33 bits per heavy atom. The molecule has 1 aliphatic rings. The van der Waals surface area contributed by atoms with E-state index in [-0.39, 0.29) is 17.1 Å². The van der Waals surface area contributed by atoms with E-state index >= 15 is 0 Å². The number of carbonyl (C=O) groups excluding carboxylic acids is 3. The minimum Gasteiger partial charge on any atom is -0.461 e. The van der Waals surface area contributed by atoms with Crippen LogP contribution in [0.3, 0.4) is 0 Å². The topological polar surface area (TPSA) is 84.5 Å². The van der Waals surface area contributed by atoms with Gasteiger partial charge in [-0.05, 0) is 31.2 Å². The summed E-state index contributed by atoms with van der Waals surface area (Å²) in [6.07, 6.45) is 0.456. The van der Waals surface area contributed by atoms with Crippen LogP contribution < -0.4 is 10.6 Å². The largest absolute Gasteiger partial charge is 0.461 e. The second-order valence-electron chi connectivity index (χ2n) is 4.52. The van der Waals surface area contributed by atoms with Crippen molar-refractivity contribution in [2.45, 2.75) is 11.7 Å². The van der Waals surface area contributed by atoms with Crippen LogP contribution in [0, 0.1) is 0 Å². The molecule has 1 unspecified atom stereocenters. The fourth-order valence-corrected chi connectivity index (χ4v) is 2.71. The van der Waals surface area contributed by atoms with E-state index in [1.165, 1.54) is 0 Å². The molecular weight excluding hydrogens is 292 g/mol. The van der Waals surface area contributed by atoms with Crippen LogP contribution in [0.1, 0.15) is 15.9 Å². The summed E-state index contributed by atoms with van der Waals surface area (Å²) in [6.45, 7) is 0.921. The van der Waals surface area contributed by atoms with Gasteiger partial charge in [-0.3, -0.25) is 14.9 Å². The molecule has 0 radical (unpaired) electrons. The van der Waals surface area contributed by atoms with Gasteiger partial charge in [0.1, 0.15) is 6.61 Å². The molecule has 1 fully saturated rings. The van der Waals surface area contributed by atoms with Crippen LogP contribution in [0.25, 0.3) is 0 Å². The van der Waals surface area contributed by atoms with Crippen LogP contribution in [0.4, 0.5) is 4.79 Å². The second kappa shape index (κ2) is 7.24. The van der Waals surface area contributed by atoms with Crippen LogP contribution in [0.5, 0.6) is 0 Å². The third-order valence-electron chi connectivity index (χ3n) is 2.96. The molecule has 1 heterocycles. The summed E-state index contributed by atoms with van der Waals surface area (Å²) in [5, 5.41) is 4.43. The maximum atomic E-state index is 11.7. The Hall–Kier alpha value is -1.86. The van der Waals surface area contributed by atoms with Gasteiger partial charge < -0.3 is 10.1 Å². The number of carbonyl (C=O) groups is 3. The van der Waals surface area contributed by atoms with E-state index in [9.17, 15) is 14.4 Å². The van der Waals surface area contributed by atoms with Crippen molar-refractivity contribution in [1.29, 1.82) is 0 Å². The Kier molecular flexibility index (Phi) is 5.35. The van der Waals surface area contributed by atoms with Gasteiger partial charge in [0.25, 0.3) is 5.24 Å². The molecule has 2 N–H and O–H groups in total. The molecule has 2 rings (SSSR count). The molecule has 0 saturated carbocycles. The predicted octanol–water partition coefficient (Wildman–Crippen LogP) is 0.957. The average Bonchev–Trinajstić information content (AvgIpc) is 2.78. The Bertz CT molecular complexity index is 544. The molecule has 0 bridgehead atoms. The van der Waals surface area contributed by atoms with Crippen molar-refractivity contribution >= 4 is 28.9 Å². The fourth-order valence-electron chi connectivity index (χ4n) is 1.85. The Morgan fingerprint density at radius 2 is 2.05 bits per heavy atom. The number of thioether (sulfide) groups is 1. The highest BCUT2D eigenvalue weighted by molar-refractivity contribution is 8.15. The summed E-state index contributed by atoms with van der Waals surface area (Å²) >= 11 is 0.994. The Morgan fingerprint density at radius 3 is 2.62 bits per heavy atom. The third kappa shape index (κ3) is 4.30. The van der Waals surface area contributed by atoms with Gasteiger partial charge in [-0.1, -0.05) is 23.9 Å². The van der Waals surface area contributed by atoms with E-state index in [2.05, 4.69) is 10.6 Å². The summed E-state index contributed by atoms with van der Waals surface area (Å²) in [7, 11) is 1.78. The molecule has 1 saturated heterocycles. The summed E-state index contributed by atoms with van der Waals surface area (Å²) in [6, 6.07) is 6.86. The number of likely N-dealkylation sites (N-methyl/N-ethyl adjacent to an activating group) is 1. The lowest BCUT2D eigenvalue weighted by Crippen LogP contribution is -2.25. The van der Waals surface area contributed by atoms with Crippen LogP contribution >= 0.6 is 11.8 Å². The maximum Gasteiger partial charge on any atom is 0.338 e. The van der Waals surface area contributed by atoms with Gasteiger partial charge in [0.05, 0.1) is 10.8 Å². The van der Waals surface area contributed by atoms with E-state index in [1.54, 1.807) is 31.3 Å². The highest BCUT2D eigenvalue weighted by Crippen LogP contribution is 2.23. The number of hydrogen-bond donors (Lipinski definition) is 2. The van der Waals surface area contributed by atoms with E-state index in [0.29, 0.717) is 25.1 Å². The smallest absolute Gasteiger partial charge is 0.338 e. The van der Waals surface area contributed by atoms with Gasteiger partial charge in [0, 0.05) is 6.54 Å². The van der Waals surface area contributed by atoms with E-state index in [0.717, 1.165) is 17.3 Å². The van der Waals surface area contributed by atoms with E-state index in [4.69, 9.17) is 4.74 Å². The lowest BCUT2D eigenvalue weighted by Gasteiger charge is -2.07. The quantitative estimate of drug-likeness (QED) is 0.601. The van der Waals surface area contributed by atoms with Crippen molar-refractivity contribution < 1.29 is 19.1 Å². The first-order valence-electron chi connectivity index (χ1n) is 6.52. The van der Waals surface area contributed by atoms with Crippen molar-refractivity contribution in [2.24, 2.45) is 0 Å². The van der Waals surface area contributed by atoms with Crippen molar-refractivity contribution in [3.63, 3.8) is 0 Å². The predicted molar refractivity (Wildman–Crippen MR) is 79.3 cm³/mol. The molecule has 1 aromatic carbocycles. The number of ether oxygens (including phenoxy) is 1. The number of esters is 1. The Balaban J connectivity index is 1.91. The van der Waals surface area contributed by atoms with Crippen molar-refractivity contribution in [1.82, 2.24) is 10.6 Å². The molecule has 7 heteroatoms.